The van der Waals surface area contributed by atoms with Crippen molar-refractivity contribution in [1.82, 2.24) is 9.55 Å². The van der Waals surface area contributed by atoms with Gasteiger partial charge in [-0.05, 0) is 6.07 Å². The molecule has 1 saturated heterocycles. The van der Waals surface area contributed by atoms with Crippen LogP contribution in [-0.4, -0.2) is 39.4 Å². The number of hydrogen-bond donors (Lipinski definition) is 2. The minimum Gasteiger partial charge on any atom is -0.424 e. The molecule has 0 aliphatic carbocycles. The minimum absolute atomic E-state index is 0.105. The Morgan fingerprint density at radius 1 is 1.37 bits per heavy atom. The number of aromatic amines is 1. The second-order valence-electron chi connectivity index (χ2n) is 6.86. The first-order valence-electron chi connectivity index (χ1n) is 8.83. The lowest BCUT2D eigenvalue weighted by molar-refractivity contribution is -0.170. The number of H-pyrrole nitrogens is 1. The van der Waals surface area contributed by atoms with Gasteiger partial charge in [-0.15, -0.1) is 0 Å². The molecule has 2 aliphatic heterocycles. The molecule has 1 aromatic carbocycles. The largest absolute Gasteiger partial charge is 0.424 e. The zero-order valence-corrected chi connectivity index (χ0v) is 17.0. The standard InChI is InChI=1S/C17H17F2N2O7PS/c18-15(19)17(7-11(22)14(27-17)21-6-5-13(23)20-16(21)24)9-26-29(30)25-8-10-3-1-2-4-12(10)28-29/h1-6,11,14-15,22H,7-9H2,(H,20,23,24)/t11-,14-,17+,29?/m1/s1. The minimum atomic E-state index is -3.39. The van der Waals surface area contributed by atoms with Gasteiger partial charge in [-0.25, -0.2) is 13.6 Å². The summed E-state index contributed by atoms with van der Waals surface area (Å²) >= 11 is 5.27. The Labute approximate surface area is 173 Å². The van der Waals surface area contributed by atoms with E-state index < -0.39 is 55.4 Å². The number of nitrogens with one attached hydrogen (secondary N) is 1. The highest BCUT2D eigenvalue weighted by Crippen LogP contribution is 2.56. The Kier molecular flexibility index (Phi) is 5.64. The van der Waals surface area contributed by atoms with E-state index in [9.17, 15) is 23.5 Å². The Hall–Kier alpha value is -1.95. The second kappa shape index (κ2) is 7.95. The van der Waals surface area contributed by atoms with Crippen molar-refractivity contribution in [3.05, 3.63) is 62.9 Å². The lowest BCUT2D eigenvalue weighted by atomic mass is 10.0. The number of benzene rings is 1. The summed E-state index contributed by atoms with van der Waals surface area (Å²) in [5, 5.41) is 10.3. The van der Waals surface area contributed by atoms with Crippen LogP contribution in [0, 0.1) is 0 Å². The average Bonchev–Trinajstić information content (AvgIpc) is 3.04. The fraction of sp³-hybridized carbons (Fsp3) is 0.412. The van der Waals surface area contributed by atoms with Crippen molar-refractivity contribution in [2.75, 3.05) is 6.61 Å². The molecule has 3 heterocycles. The molecule has 0 saturated carbocycles. The van der Waals surface area contributed by atoms with Gasteiger partial charge < -0.3 is 14.4 Å². The van der Waals surface area contributed by atoms with Gasteiger partial charge in [0.25, 0.3) is 12.0 Å². The van der Waals surface area contributed by atoms with Crippen molar-refractivity contribution >= 4 is 18.5 Å². The van der Waals surface area contributed by atoms with Gasteiger partial charge in [0.15, 0.2) is 11.8 Å². The quantitative estimate of drug-likeness (QED) is 0.646. The van der Waals surface area contributed by atoms with E-state index in [1.165, 1.54) is 0 Å². The van der Waals surface area contributed by atoms with Crippen LogP contribution < -0.4 is 15.8 Å². The van der Waals surface area contributed by atoms with Crippen LogP contribution in [-0.2, 0) is 32.2 Å². The molecular weight excluding hydrogens is 445 g/mol. The van der Waals surface area contributed by atoms with Crippen LogP contribution in [0.4, 0.5) is 8.78 Å². The van der Waals surface area contributed by atoms with Gasteiger partial charge >= 0.3 is 12.4 Å². The van der Waals surface area contributed by atoms with Gasteiger partial charge in [-0.1, -0.05) is 18.2 Å². The molecule has 1 fully saturated rings. The molecular formula is C17H17F2N2O7PS. The normalized spacial score (nSPS) is 30.8. The zero-order chi connectivity index (χ0) is 21.5. The molecule has 0 bridgehead atoms. The number of aliphatic hydroxyl groups is 1. The van der Waals surface area contributed by atoms with Gasteiger partial charge in [0, 0.05) is 36.1 Å². The van der Waals surface area contributed by atoms with Crippen molar-refractivity contribution in [3.63, 3.8) is 0 Å². The third-order valence-electron chi connectivity index (χ3n) is 4.79. The molecule has 4 atom stereocenters. The van der Waals surface area contributed by atoms with E-state index in [0.717, 1.165) is 22.4 Å². The van der Waals surface area contributed by atoms with Gasteiger partial charge in [0.2, 0.25) is 0 Å². The summed E-state index contributed by atoms with van der Waals surface area (Å²) in [6.45, 7) is -4.01. The number of fused-ring (bicyclic) bond motifs is 1. The third kappa shape index (κ3) is 3.98. The first kappa shape index (κ1) is 21.3. The Balaban J connectivity index is 1.54. The molecule has 2 N–H and O–H groups in total. The lowest BCUT2D eigenvalue weighted by Gasteiger charge is -2.33. The topological polar surface area (TPSA) is 112 Å². The van der Waals surface area contributed by atoms with Crippen molar-refractivity contribution < 1.29 is 32.2 Å². The number of aliphatic hydroxyl groups excluding tert-OH is 1. The number of aromatic nitrogens is 2. The fourth-order valence-corrected chi connectivity index (χ4v) is 5.08. The van der Waals surface area contributed by atoms with Crippen LogP contribution in [0.15, 0.2) is 46.1 Å². The predicted molar refractivity (Wildman–Crippen MR) is 103 cm³/mol. The number of para-hydroxylation sites is 1. The smallest absolute Gasteiger partial charge is 0.381 e. The van der Waals surface area contributed by atoms with E-state index in [1.807, 2.05) is 4.98 Å². The van der Waals surface area contributed by atoms with Crippen molar-refractivity contribution in [3.8, 4) is 5.75 Å². The van der Waals surface area contributed by atoms with E-state index in [-0.39, 0.29) is 6.61 Å². The van der Waals surface area contributed by atoms with Gasteiger partial charge in [-0.3, -0.25) is 23.4 Å². The molecule has 0 radical (unpaired) electrons. The number of rotatable bonds is 5. The molecule has 1 unspecified atom stereocenters. The molecule has 30 heavy (non-hydrogen) atoms. The summed E-state index contributed by atoms with van der Waals surface area (Å²) in [4.78, 5) is 25.2. The Bertz CT molecular complexity index is 1110. The highest BCUT2D eigenvalue weighted by Gasteiger charge is 2.54. The highest BCUT2D eigenvalue weighted by atomic mass is 32.5. The monoisotopic (exact) mass is 462 g/mol. The maximum atomic E-state index is 14.0. The van der Waals surface area contributed by atoms with Gasteiger partial charge in [-0.2, -0.15) is 0 Å². The van der Waals surface area contributed by atoms with Crippen LogP contribution >= 0.6 is 6.72 Å². The highest BCUT2D eigenvalue weighted by molar-refractivity contribution is 8.07. The van der Waals surface area contributed by atoms with Crippen molar-refractivity contribution in [1.29, 1.82) is 0 Å². The number of ether oxygens (including phenoxy) is 1. The fourth-order valence-electron chi connectivity index (χ4n) is 3.25. The van der Waals surface area contributed by atoms with E-state index in [0.29, 0.717) is 5.75 Å². The molecule has 2 aromatic rings. The summed E-state index contributed by atoms with van der Waals surface area (Å²) in [5.41, 5.74) is -3.08. The molecule has 0 spiro atoms. The number of halogens is 2. The first-order chi connectivity index (χ1) is 14.2. The summed E-state index contributed by atoms with van der Waals surface area (Å²) in [5.74, 6) is 0.447. The van der Waals surface area contributed by atoms with Crippen LogP contribution in [0.25, 0.3) is 0 Å². The summed E-state index contributed by atoms with van der Waals surface area (Å²) < 4.78 is 50.7. The number of hydrogen-bond acceptors (Lipinski definition) is 8. The van der Waals surface area contributed by atoms with Crippen LogP contribution in [0.2, 0.25) is 0 Å². The molecule has 13 heteroatoms. The van der Waals surface area contributed by atoms with E-state index >= 15 is 0 Å². The predicted octanol–water partition coefficient (Wildman–Crippen LogP) is 1.67. The first-order valence-corrected chi connectivity index (χ1v) is 11.4. The van der Waals surface area contributed by atoms with Crippen LogP contribution in [0.1, 0.15) is 18.2 Å². The zero-order valence-electron chi connectivity index (χ0n) is 15.3. The number of alkyl halides is 2. The molecule has 1 aromatic heterocycles. The van der Waals surface area contributed by atoms with E-state index in [1.54, 1.807) is 24.3 Å². The maximum absolute atomic E-state index is 14.0. The van der Waals surface area contributed by atoms with Crippen molar-refractivity contribution in [2.24, 2.45) is 0 Å². The summed E-state index contributed by atoms with van der Waals surface area (Å²) in [6.07, 6.45) is -5.45. The Morgan fingerprint density at radius 2 is 2.13 bits per heavy atom. The number of nitrogens with zero attached hydrogens (tertiary/aromatic N) is 1. The van der Waals surface area contributed by atoms with E-state index in [4.69, 9.17) is 30.1 Å². The van der Waals surface area contributed by atoms with Crippen LogP contribution in [0.3, 0.4) is 0 Å². The molecule has 0 amide bonds. The lowest BCUT2D eigenvalue weighted by Crippen LogP contribution is -2.43. The average molecular weight is 462 g/mol. The summed E-state index contributed by atoms with van der Waals surface area (Å²) in [6, 6.07) is 7.98. The second-order valence-corrected chi connectivity index (χ2v) is 9.79. The third-order valence-corrected chi connectivity index (χ3v) is 6.96. The Morgan fingerprint density at radius 3 is 2.87 bits per heavy atom. The van der Waals surface area contributed by atoms with Crippen molar-refractivity contribution in [2.45, 2.75) is 37.4 Å². The molecule has 9 nitrogen and oxygen atoms in total. The maximum Gasteiger partial charge on any atom is 0.381 e. The summed E-state index contributed by atoms with van der Waals surface area (Å²) in [7, 11) is 0. The van der Waals surface area contributed by atoms with E-state index in [2.05, 4.69) is 0 Å². The SMILES string of the molecule is O=c1ccn([C@@H]2O[C@@](COP3(=S)OCc4ccccc4O3)(C(F)F)C[C@H]2O)c(=O)[nH]1. The van der Waals surface area contributed by atoms with Gasteiger partial charge in [0.05, 0.1) is 13.2 Å². The van der Waals surface area contributed by atoms with Gasteiger partial charge in [0.1, 0.15) is 11.9 Å². The molecule has 162 valence electrons. The van der Waals surface area contributed by atoms with Crippen LogP contribution in [0.5, 0.6) is 5.75 Å². The molecule has 2 aliphatic rings. The molecule has 4 rings (SSSR count).